The predicted molar refractivity (Wildman–Crippen MR) is 118 cm³/mol. The van der Waals surface area contributed by atoms with Gasteiger partial charge in [-0.15, -0.1) is 10.2 Å². The van der Waals surface area contributed by atoms with Crippen molar-refractivity contribution in [1.82, 2.24) is 20.1 Å². The van der Waals surface area contributed by atoms with Gasteiger partial charge in [-0.1, -0.05) is 0 Å². The highest BCUT2D eigenvalue weighted by Gasteiger charge is 2.27. The van der Waals surface area contributed by atoms with E-state index in [9.17, 15) is 4.79 Å². The lowest BCUT2D eigenvalue weighted by Gasteiger charge is -2.22. The van der Waals surface area contributed by atoms with Gasteiger partial charge >= 0.3 is 0 Å². The number of furan rings is 1. The number of benzene rings is 1. The number of ether oxygens (including phenoxy) is 2. The quantitative estimate of drug-likeness (QED) is 0.657. The van der Waals surface area contributed by atoms with E-state index in [0.717, 1.165) is 74.8 Å². The zero-order chi connectivity index (χ0) is 21.9. The minimum atomic E-state index is -0.183. The predicted octanol–water partition coefficient (Wildman–Crippen LogP) is 3.58. The second-order valence-electron chi connectivity index (χ2n) is 8.40. The summed E-state index contributed by atoms with van der Waals surface area (Å²) in [5.74, 6) is 4.08. The van der Waals surface area contributed by atoms with Crippen LogP contribution in [-0.4, -0.2) is 47.0 Å². The topological polar surface area (TPSA) is 91.4 Å². The van der Waals surface area contributed by atoms with E-state index in [2.05, 4.69) is 20.1 Å². The molecule has 168 valence electrons. The number of aromatic nitrogens is 3. The molecule has 1 saturated heterocycles. The van der Waals surface area contributed by atoms with E-state index in [-0.39, 0.29) is 11.9 Å². The van der Waals surface area contributed by atoms with Crippen LogP contribution in [0.25, 0.3) is 11.3 Å². The van der Waals surface area contributed by atoms with Crippen LogP contribution in [0, 0.1) is 0 Å². The van der Waals surface area contributed by atoms with Crippen LogP contribution in [0.5, 0.6) is 5.75 Å². The zero-order valence-electron chi connectivity index (χ0n) is 18.3. The molecule has 0 radical (unpaired) electrons. The van der Waals surface area contributed by atoms with Gasteiger partial charge in [0.15, 0.2) is 5.76 Å². The van der Waals surface area contributed by atoms with Gasteiger partial charge in [0, 0.05) is 43.7 Å². The highest BCUT2D eigenvalue weighted by Crippen LogP contribution is 2.28. The third-order valence-electron chi connectivity index (χ3n) is 6.40. The van der Waals surface area contributed by atoms with Crippen LogP contribution in [-0.2, 0) is 17.7 Å². The summed E-state index contributed by atoms with van der Waals surface area (Å²) in [4.78, 5) is 12.8. The van der Waals surface area contributed by atoms with E-state index < -0.39 is 0 Å². The summed E-state index contributed by atoms with van der Waals surface area (Å²) in [7, 11) is 1.63. The van der Waals surface area contributed by atoms with Crippen LogP contribution in [0.2, 0.25) is 0 Å². The first-order valence-corrected chi connectivity index (χ1v) is 11.3. The summed E-state index contributed by atoms with van der Waals surface area (Å²) < 4.78 is 18.8. The Kier molecular flexibility index (Phi) is 5.94. The maximum absolute atomic E-state index is 12.8. The third-order valence-corrected chi connectivity index (χ3v) is 6.40. The SMILES string of the molecule is COc1ccc(-c2ccc(C(=O)NC3CCc4nnc(C5CCOCC5)n4CC3)o2)cc1. The first kappa shape index (κ1) is 20.8. The van der Waals surface area contributed by atoms with E-state index in [1.807, 2.05) is 30.3 Å². The fourth-order valence-corrected chi connectivity index (χ4v) is 4.54. The molecule has 3 aromatic rings. The minimum Gasteiger partial charge on any atom is -0.497 e. The molecule has 0 spiro atoms. The molecule has 1 aromatic carbocycles. The van der Waals surface area contributed by atoms with Crippen LogP contribution in [0.15, 0.2) is 40.8 Å². The summed E-state index contributed by atoms with van der Waals surface area (Å²) in [5.41, 5.74) is 0.901. The van der Waals surface area contributed by atoms with E-state index >= 15 is 0 Å². The fourth-order valence-electron chi connectivity index (χ4n) is 4.54. The van der Waals surface area contributed by atoms with Crippen molar-refractivity contribution < 1.29 is 18.7 Å². The Balaban J connectivity index is 1.22. The number of fused-ring (bicyclic) bond motifs is 1. The van der Waals surface area contributed by atoms with Crippen LogP contribution in [0.1, 0.15) is 53.8 Å². The summed E-state index contributed by atoms with van der Waals surface area (Å²) in [6, 6.07) is 11.2. The number of nitrogens with zero attached hydrogens (tertiary/aromatic N) is 3. The van der Waals surface area contributed by atoms with E-state index in [1.54, 1.807) is 13.2 Å². The van der Waals surface area contributed by atoms with Crippen molar-refractivity contribution in [3.05, 3.63) is 53.8 Å². The van der Waals surface area contributed by atoms with Crippen LogP contribution in [0.3, 0.4) is 0 Å². The van der Waals surface area contributed by atoms with E-state index in [0.29, 0.717) is 17.4 Å². The molecule has 1 atom stereocenters. The van der Waals surface area contributed by atoms with Gasteiger partial charge in [0.1, 0.15) is 23.2 Å². The minimum absolute atomic E-state index is 0.0706. The molecule has 1 amide bonds. The van der Waals surface area contributed by atoms with Crippen molar-refractivity contribution in [3.8, 4) is 17.1 Å². The average molecular weight is 437 g/mol. The van der Waals surface area contributed by atoms with Gasteiger partial charge in [-0.2, -0.15) is 0 Å². The molecule has 2 aliphatic rings. The number of hydrogen-bond donors (Lipinski definition) is 1. The van der Waals surface area contributed by atoms with Crippen LogP contribution < -0.4 is 10.1 Å². The highest BCUT2D eigenvalue weighted by molar-refractivity contribution is 5.92. The molecule has 32 heavy (non-hydrogen) atoms. The van der Waals surface area contributed by atoms with Gasteiger partial charge in [0.2, 0.25) is 0 Å². The molecule has 1 N–H and O–H groups in total. The maximum Gasteiger partial charge on any atom is 0.287 e. The lowest BCUT2D eigenvalue weighted by molar-refractivity contribution is 0.0826. The molecule has 5 rings (SSSR count). The lowest BCUT2D eigenvalue weighted by Crippen LogP contribution is -2.35. The molecule has 2 aromatic heterocycles. The first-order chi connectivity index (χ1) is 15.7. The number of nitrogens with one attached hydrogen (secondary N) is 1. The largest absolute Gasteiger partial charge is 0.497 e. The Morgan fingerprint density at radius 1 is 1.06 bits per heavy atom. The molecule has 1 fully saturated rings. The smallest absolute Gasteiger partial charge is 0.287 e. The number of carbonyl (C=O) groups excluding carboxylic acids is 1. The van der Waals surface area contributed by atoms with Crippen molar-refractivity contribution in [1.29, 1.82) is 0 Å². The summed E-state index contributed by atoms with van der Waals surface area (Å²) in [6.45, 7) is 2.38. The molecule has 1 unspecified atom stereocenters. The number of carbonyl (C=O) groups is 1. The summed E-state index contributed by atoms with van der Waals surface area (Å²) in [6.07, 6.45) is 4.47. The van der Waals surface area contributed by atoms with Gasteiger partial charge in [0.25, 0.3) is 5.91 Å². The van der Waals surface area contributed by atoms with Crippen LogP contribution in [0.4, 0.5) is 0 Å². The van der Waals surface area contributed by atoms with Crippen LogP contribution >= 0.6 is 0 Å². The number of hydrogen-bond acceptors (Lipinski definition) is 6. The Hall–Kier alpha value is -3.13. The van der Waals surface area contributed by atoms with E-state index in [4.69, 9.17) is 13.9 Å². The third kappa shape index (κ3) is 4.27. The summed E-state index contributed by atoms with van der Waals surface area (Å²) >= 11 is 0. The van der Waals surface area contributed by atoms with Gasteiger partial charge < -0.3 is 23.8 Å². The molecule has 4 heterocycles. The Morgan fingerprint density at radius 2 is 1.88 bits per heavy atom. The normalized spacial score (nSPS) is 19.2. The van der Waals surface area contributed by atoms with Gasteiger partial charge in [0.05, 0.1) is 7.11 Å². The van der Waals surface area contributed by atoms with Crippen molar-refractivity contribution >= 4 is 5.91 Å². The van der Waals surface area contributed by atoms with Crippen molar-refractivity contribution in [2.75, 3.05) is 20.3 Å². The number of rotatable bonds is 5. The standard InChI is InChI=1S/C24H28N4O4/c1-30-19-5-2-16(3-6-19)20-7-8-21(32-20)24(29)25-18-4-9-22-26-27-23(28(22)13-10-18)17-11-14-31-15-12-17/h2-3,5-8,17-18H,4,9-15H2,1H3,(H,25,29). The average Bonchev–Trinajstić information content (AvgIpc) is 3.45. The number of amides is 1. The molecular weight excluding hydrogens is 408 g/mol. The lowest BCUT2D eigenvalue weighted by atomic mass is 9.99. The molecule has 0 bridgehead atoms. The van der Waals surface area contributed by atoms with Gasteiger partial charge in [-0.05, 0) is 62.1 Å². The Morgan fingerprint density at radius 3 is 2.66 bits per heavy atom. The fraction of sp³-hybridized carbons (Fsp3) is 0.458. The molecule has 0 aliphatic carbocycles. The Labute approximate surface area is 186 Å². The number of aryl methyl sites for hydroxylation is 1. The second kappa shape index (κ2) is 9.16. The second-order valence-corrected chi connectivity index (χ2v) is 8.40. The Bertz CT molecular complexity index is 1070. The van der Waals surface area contributed by atoms with Gasteiger partial charge in [-0.3, -0.25) is 4.79 Å². The van der Waals surface area contributed by atoms with E-state index in [1.165, 1.54) is 0 Å². The first-order valence-electron chi connectivity index (χ1n) is 11.3. The molecule has 2 aliphatic heterocycles. The molecule has 8 nitrogen and oxygen atoms in total. The number of methoxy groups -OCH3 is 1. The zero-order valence-corrected chi connectivity index (χ0v) is 18.3. The monoisotopic (exact) mass is 436 g/mol. The van der Waals surface area contributed by atoms with Gasteiger partial charge in [-0.25, -0.2) is 0 Å². The highest BCUT2D eigenvalue weighted by atomic mass is 16.5. The van der Waals surface area contributed by atoms with Crippen molar-refractivity contribution in [2.24, 2.45) is 0 Å². The maximum atomic E-state index is 12.8. The molecular formula is C24H28N4O4. The molecule has 0 saturated carbocycles. The summed E-state index contributed by atoms with van der Waals surface area (Å²) in [5, 5.41) is 12.1. The van der Waals surface area contributed by atoms with Crippen molar-refractivity contribution in [3.63, 3.8) is 0 Å². The van der Waals surface area contributed by atoms with Crippen molar-refractivity contribution in [2.45, 2.75) is 50.6 Å². The molecule has 8 heteroatoms.